The lowest BCUT2D eigenvalue weighted by molar-refractivity contribution is 0.284. The van der Waals surface area contributed by atoms with Gasteiger partial charge in [0.25, 0.3) is 0 Å². The highest BCUT2D eigenvalue weighted by Gasteiger charge is 2.29. The Morgan fingerprint density at radius 2 is 2.13 bits per heavy atom. The smallest absolute Gasteiger partial charge is 0.235 e. The first kappa shape index (κ1) is 14.4. The molecule has 5 nitrogen and oxygen atoms in total. The van der Waals surface area contributed by atoms with E-state index in [0.717, 1.165) is 35.7 Å². The molecule has 0 N–H and O–H groups in total. The van der Waals surface area contributed by atoms with Gasteiger partial charge < -0.3 is 9.26 Å². The highest BCUT2D eigenvalue weighted by Crippen LogP contribution is 2.38. The van der Waals surface area contributed by atoms with Crippen LogP contribution in [0.5, 0.6) is 5.75 Å². The van der Waals surface area contributed by atoms with E-state index in [9.17, 15) is 0 Å². The van der Waals surface area contributed by atoms with E-state index in [0.29, 0.717) is 18.3 Å². The number of fused-ring (bicyclic) bond motifs is 1. The van der Waals surface area contributed by atoms with Gasteiger partial charge in [0.1, 0.15) is 5.75 Å². The fourth-order valence-corrected chi connectivity index (χ4v) is 3.95. The minimum Gasteiger partial charge on any atom is -0.485 e. The number of hydrogen-bond acceptors (Lipinski definition) is 6. The molecule has 0 saturated heterocycles. The van der Waals surface area contributed by atoms with Crippen molar-refractivity contribution in [3.63, 3.8) is 0 Å². The maximum atomic E-state index is 5.67. The lowest BCUT2D eigenvalue weighted by Gasteiger charge is -2.17. The Labute approximate surface area is 138 Å². The van der Waals surface area contributed by atoms with Crippen molar-refractivity contribution in [1.82, 2.24) is 15.1 Å². The highest BCUT2D eigenvalue weighted by molar-refractivity contribution is 7.11. The summed E-state index contributed by atoms with van der Waals surface area (Å²) >= 11 is 1.78. The number of benzene rings is 1. The van der Waals surface area contributed by atoms with Gasteiger partial charge in [0.2, 0.25) is 11.7 Å². The largest absolute Gasteiger partial charge is 0.485 e. The van der Waals surface area contributed by atoms with Crippen LogP contribution in [0.25, 0.3) is 0 Å². The van der Waals surface area contributed by atoms with E-state index in [1.807, 2.05) is 37.3 Å². The van der Waals surface area contributed by atoms with E-state index in [1.54, 1.807) is 11.3 Å². The zero-order chi connectivity index (χ0) is 15.6. The van der Waals surface area contributed by atoms with Crippen molar-refractivity contribution in [3.8, 4) is 5.75 Å². The molecule has 118 valence electrons. The normalized spacial score (nSPS) is 17.0. The van der Waals surface area contributed by atoms with E-state index < -0.39 is 0 Å². The Morgan fingerprint density at radius 3 is 3.00 bits per heavy atom. The number of hydrogen-bond donors (Lipinski definition) is 0. The van der Waals surface area contributed by atoms with E-state index in [1.165, 1.54) is 4.88 Å². The van der Waals surface area contributed by atoms with Crippen LogP contribution in [0.2, 0.25) is 0 Å². The van der Waals surface area contributed by atoms with Crippen molar-refractivity contribution in [2.75, 3.05) is 0 Å². The molecular formula is C17H17N3O2S. The third kappa shape index (κ3) is 2.99. The second-order valence-electron chi connectivity index (χ2n) is 5.64. The molecule has 0 fully saturated rings. The average molecular weight is 327 g/mol. The summed E-state index contributed by atoms with van der Waals surface area (Å²) in [7, 11) is 0. The van der Waals surface area contributed by atoms with Gasteiger partial charge in [-0.25, -0.2) is 4.98 Å². The van der Waals surface area contributed by atoms with Crippen molar-refractivity contribution in [3.05, 3.63) is 57.6 Å². The van der Waals surface area contributed by atoms with Crippen molar-refractivity contribution >= 4 is 11.3 Å². The van der Waals surface area contributed by atoms with Crippen LogP contribution in [-0.2, 0) is 13.0 Å². The molecule has 0 radical (unpaired) electrons. The lowest BCUT2D eigenvalue weighted by Crippen LogP contribution is -2.10. The molecule has 1 aromatic carbocycles. The summed E-state index contributed by atoms with van der Waals surface area (Å²) in [6, 6.07) is 9.64. The molecule has 0 amide bonds. The molecule has 0 aliphatic heterocycles. The van der Waals surface area contributed by atoms with Crippen molar-refractivity contribution in [2.45, 2.75) is 38.7 Å². The first-order chi connectivity index (χ1) is 11.3. The second-order valence-corrected chi connectivity index (χ2v) is 6.92. The van der Waals surface area contributed by atoms with Crippen molar-refractivity contribution in [1.29, 1.82) is 0 Å². The van der Waals surface area contributed by atoms with Gasteiger partial charge in [0, 0.05) is 4.88 Å². The number of rotatable bonds is 4. The molecule has 2 heterocycles. The SMILES string of the molecule is Cc1nc2c(s1)CCCC2c1nc(COc2ccccc2)no1. The predicted octanol–water partition coefficient (Wildman–Crippen LogP) is 3.88. The zero-order valence-corrected chi connectivity index (χ0v) is 13.7. The third-order valence-corrected chi connectivity index (χ3v) is 5.00. The second kappa shape index (κ2) is 6.12. The average Bonchev–Trinajstić information content (AvgIpc) is 3.19. The predicted molar refractivity (Wildman–Crippen MR) is 86.7 cm³/mol. The van der Waals surface area contributed by atoms with Crippen LogP contribution in [-0.4, -0.2) is 15.1 Å². The van der Waals surface area contributed by atoms with Crippen LogP contribution in [0, 0.1) is 6.92 Å². The zero-order valence-electron chi connectivity index (χ0n) is 12.9. The molecule has 3 aromatic rings. The van der Waals surface area contributed by atoms with Crippen molar-refractivity contribution < 1.29 is 9.26 Å². The summed E-state index contributed by atoms with van der Waals surface area (Å²) in [5, 5.41) is 5.16. The molecule has 23 heavy (non-hydrogen) atoms. The standard InChI is InChI=1S/C17H17N3O2S/c1-11-18-16-13(8-5-9-14(16)23-11)17-19-15(20-22-17)10-21-12-6-3-2-4-7-12/h2-4,6-7,13H,5,8-10H2,1H3. The van der Waals surface area contributed by atoms with Crippen LogP contribution in [0.4, 0.5) is 0 Å². The van der Waals surface area contributed by atoms with Gasteiger partial charge in [-0.1, -0.05) is 23.4 Å². The topological polar surface area (TPSA) is 61.0 Å². The van der Waals surface area contributed by atoms with Crippen LogP contribution < -0.4 is 4.74 Å². The van der Waals surface area contributed by atoms with Crippen LogP contribution in [0.3, 0.4) is 0 Å². The Bertz CT molecular complexity index is 797. The third-order valence-electron chi connectivity index (χ3n) is 3.95. The molecule has 1 atom stereocenters. The fourth-order valence-electron chi connectivity index (χ4n) is 2.91. The van der Waals surface area contributed by atoms with E-state index in [2.05, 4.69) is 15.1 Å². The Kier molecular flexibility index (Phi) is 3.83. The Balaban J connectivity index is 1.50. The lowest BCUT2D eigenvalue weighted by atomic mass is 9.91. The van der Waals surface area contributed by atoms with E-state index in [4.69, 9.17) is 9.26 Å². The number of aryl methyl sites for hydroxylation is 2. The van der Waals surface area contributed by atoms with Gasteiger partial charge in [-0.05, 0) is 38.3 Å². The molecule has 0 spiro atoms. The maximum absolute atomic E-state index is 5.67. The maximum Gasteiger partial charge on any atom is 0.235 e. The van der Waals surface area contributed by atoms with Gasteiger partial charge in [-0.15, -0.1) is 11.3 Å². The summed E-state index contributed by atoms with van der Waals surface area (Å²) in [5.41, 5.74) is 1.12. The summed E-state index contributed by atoms with van der Waals surface area (Å²) < 4.78 is 11.1. The van der Waals surface area contributed by atoms with Crippen molar-refractivity contribution in [2.24, 2.45) is 0 Å². The Morgan fingerprint density at radius 1 is 1.26 bits per heavy atom. The fraction of sp³-hybridized carbons (Fsp3) is 0.353. The molecule has 0 saturated carbocycles. The number of aromatic nitrogens is 3. The summed E-state index contributed by atoms with van der Waals surface area (Å²) in [6.45, 7) is 2.36. The van der Waals surface area contributed by atoms with Crippen LogP contribution in [0.15, 0.2) is 34.9 Å². The molecule has 0 bridgehead atoms. The molecule has 1 unspecified atom stereocenters. The summed E-state index contributed by atoms with van der Waals surface area (Å²) in [6.07, 6.45) is 3.25. The molecule has 1 aliphatic carbocycles. The number of para-hydroxylation sites is 1. The Hall–Kier alpha value is -2.21. The van der Waals surface area contributed by atoms with E-state index in [-0.39, 0.29) is 5.92 Å². The molecule has 1 aliphatic rings. The van der Waals surface area contributed by atoms with Gasteiger partial charge >= 0.3 is 0 Å². The van der Waals surface area contributed by atoms with Gasteiger partial charge in [0.05, 0.1) is 16.6 Å². The molecule has 6 heteroatoms. The van der Waals surface area contributed by atoms with Crippen LogP contribution in [0.1, 0.15) is 46.1 Å². The molecule has 2 aromatic heterocycles. The quantitative estimate of drug-likeness (QED) is 0.727. The van der Waals surface area contributed by atoms with Crippen LogP contribution >= 0.6 is 11.3 Å². The van der Waals surface area contributed by atoms with Gasteiger partial charge in [-0.3, -0.25) is 0 Å². The minimum absolute atomic E-state index is 0.127. The first-order valence-corrected chi connectivity index (χ1v) is 8.58. The van der Waals surface area contributed by atoms with Gasteiger partial charge in [-0.2, -0.15) is 4.98 Å². The number of ether oxygens (including phenoxy) is 1. The molecular weight excluding hydrogens is 310 g/mol. The summed E-state index contributed by atoms with van der Waals surface area (Å²) in [4.78, 5) is 10.6. The highest BCUT2D eigenvalue weighted by atomic mass is 32.1. The van der Waals surface area contributed by atoms with Gasteiger partial charge in [0.15, 0.2) is 6.61 Å². The molecule has 4 rings (SSSR count). The monoisotopic (exact) mass is 327 g/mol. The number of nitrogens with zero attached hydrogens (tertiary/aromatic N) is 3. The van der Waals surface area contributed by atoms with E-state index >= 15 is 0 Å². The first-order valence-electron chi connectivity index (χ1n) is 7.76. The minimum atomic E-state index is 0.127. The number of thiazole rings is 1. The summed E-state index contributed by atoms with van der Waals surface area (Å²) in [5.74, 6) is 2.15.